The Kier molecular flexibility index (Phi) is 37.5. The zero-order chi connectivity index (χ0) is 33.7. The Hall–Kier alpha value is -0.200. The molecule has 0 aliphatic heterocycles. The predicted molar refractivity (Wildman–Crippen MR) is 201 cm³/mol. The molecule has 1 unspecified atom stereocenters. The monoisotopic (exact) mass is 657 g/mol. The lowest BCUT2D eigenvalue weighted by Crippen LogP contribution is -2.37. The lowest BCUT2D eigenvalue weighted by Gasteiger charge is -2.23. The van der Waals surface area contributed by atoms with Crippen LogP contribution in [0.1, 0.15) is 194 Å². The van der Waals surface area contributed by atoms with Crippen LogP contribution in [-0.4, -0.2) is 78.1 Å². The van der Waals surface area contributed by atoms with Crippen molar-refractivity contribution >= 4 is 0 Å². The number of hydrogen-bond donors (Lipinski definition) is 0. The van der Waals surface area contributed by atoms with Crippen molar-refractivity contribution in [1.82, 2.24) is 0 Å². The Morgan fingerprint density at radius 3 is 1.11 bits per heavy atom. The van der Waals surface area contributed by atoms with Crippen LogP contribution in [0.3, 0.4) is 0 Å². The van der Waals surface area contributed by atoms with E-state index in [1.54, 1.807) is 0 Å². The van der Waals surface area contributed by atoms with E-state index in [4.69, 9.17) is 18.9 Å². The van der Waals surface area contributed by atoms with Crippen molar-refractivity contribution in [2.45, 2.75) is 200 Å². The Bertz CT molecular complexity index is 553. The van der Waals surface area contributed by atoms with Crippen LogP contribution in [0.25, 0.3) is 0 Å². The Morgan fingerprint density at radius 1 is 0.370 bits per heavy atom. The summed E-state index contributed by atoms with van der Waals surface area (Å²) in [5.41, 5.74) is 0. The zero-order valence-electron chi connectivity index (χ0n) is 32.4. The Labute approximate surface area is 290 Å². The molecule has 0 aliphatic rings. The first-order valence-corrected chi connectivity index (χ1v) is 20.6. The highest BCUT2D eigenvalue weighted by Gasteiger charge is 2.11. The van der Waals surface area contributed by atoms with Gasteiger partial charge >= 0.3 is 0 Å². The molecule has 0 aromatic carbocycles. The summed E-state index contributed by atoms with van der Waals surface area (Å²) in [5, 5.41) is 0. The van der Waals surface area contributed by atoms with Crippen LogP contribution < -0.4 is 0 Å². The van der Waals surface area contributed by atoms with Gasteiger partial charge in [0.25, 0.3) is 0 Å². The molecular weight excluding hydrogens is 570 g/mol. The van der Waals surface area contributed by atoms with Crippen LogP contribution in [-0.2, 0) is 18.9 Å². The van der Waals surface area contributed by atoms with Gasteiger partial charge < -0.3 is 23.4 Å². The van der Waals surface area contributed by atoms with E-state index in [1.807, 2.05) is 0 Å². The molecular formula is C41H86NO4+. The summed E-state index contributed by atoms with van der Waals surface area (Å²) in [7, 11) is 6.54. The summed E-state index contributed by atoms with van der Waals surface area (Å²) < 4.78 is 24.7. The number of rotatable bonds is 40. The van der Waals surface area contributed by atoms with E-state index in [2.05, 4.69) is 35.0 Å². The molecule has 0 bridgehead atoms. The average Bonchev–Trinajstić information content (AvgIpc) is 3.03. The fourth-order valence-electron chi connectivity index (χ4n) is 5.94. The van der Waals surface area contributed by atoms with Crippen LogP contribution in [0.4, 0.5) is 0 Å². The second kappa shape index (κ2) is 37.6. The van der Waals surface area contributed by atoms with Crippen molar-refractivity contribution in [3.05, 3.63) is 0 Å². The fourth-order valence-corrected chi connectivity index (χ4v) is 5.94. The van der Waals surface area contributed by atoms with Gasteiger partial charge in [-0.1, -0.05) is 181 Å². The minimum Gasteiger partial charge on any atom is -0.379 e. The van der Waals surface area contributed by atoms with Crippen LogP contribution in [0.15, 0.2) is 0 Å². The topological polar surface area (TPSA) is 36.9 Å². The zero-order valence-corrected chi connectivity index (χ0v) is 32.4. The summed E-state index contributed by atoms with van der Waals surface area (Å²) in [4.78, 5) is 0. The fraction of sp³-hybridized carbons (Fsp3) is 1.00. The molecule has 1 atom stereocenters. The minimum atomic E-state index is -0.00406. The quantitative estimate of drug-likeness (QED) is 0.0374. The lowest BCUT2D eigenvalue weighted by atomic mass is 10.0. The van der Waals surface area contributed by atoms with Gasteiger partial charge in [0.1, 0.15) is 19.4 Å². The van der Waals surface area contributed by atoms with E-state index in [9.17, 15) is 0 Å². The van der Waals surface area contributed by atoms with Crippen molar-refractivity contribution in [2.24, 2.45) is 0 Å². The SMILES string of the molecule is CCCCCCCCCCCCCCCCOCC(COCOCC[N+](C)(C)C)OCCCCCCCCCCCCCCCC. The van der Waals surface area contributed by atoms with E-state index in [-0.39, 0.29) is 6.10 Å². The highest BCUT2D eigenvalue weighted by atomic mass is 16.7. The maximum absolute atomic E-state index is 6.23. The first kappa shape index (κ1) is 45.8. The molecule has 0 saturated carbocycles. The smallest absolute Gasteiger partial charge is 0.147 e. The number of ether oxygens (including phenoxy) is 4. The van der Waals surface area contributed by atoms with Gasteiger partial charge in [0, 0.05) is 13.2 Å². The van der Waals surface area contributed by atoms with Gasteiger partial charge in [0.2, 0.25) is 0 Å². The van der Waals surface area contributed by atoms with Crippen molar-refractivity contribution < 1.29 is 23.4 Å². The molecule has 278 valence electrons. The minimum absolute atomic E-state index is 0.00406. The van der Waals surface area contributed by atoms with Gasteiger partial charge in [-0.25, -0.2) is 0 Å². The maximum atomic E-state index is 6.23. The lowest BCUT2D eigenvalue weighted by molar-refractivity contribution is -0.870. The molecule has 0 radical (unpaired) electrons. The molecule has 0 amide bonds. The molecule has 0 aromatic rings. The van der Waals surface area contributed by atoms with Crippen molar-refractivity contribution in [3.63, 3.8) is 0 Å². The van der Waals surface area contributed by atoms with Gasteiger partial charge in [-0.15, -0.1) is 0 Å². The van der Waals surface area contributed by atoms with Gasteiger partial charge in [-0.2, -0.15) is 0 Å². The molecule has 46 heavy (non-hydrogen) atoms. The van der Waals surface area contributed by atoms with Crippen molar-refractivity contribution in [3.8, 4) is 0 Å². The summed E-state index contributed by atoms with van der Waals surface area (Å²) in [6, 6.07) is 0. The van der Waals surface area contributed by atoms with Crippen LogP contribution >= 0.6 is 0 Å². The largest absolute Gasteiger partial charge is 0.379 e. The number of likely N-dealkylation sites (N-methyl/N-ethyl adjacent to an activating group) is 1. The first-order valence-electron chi connectivity index (χ1n) is 20.6. The molecule has 5 heteroatoms. The van der Waals surface area contributed by atoms with Gasteiger partial charge in [-0.3, -0.25) is 0 Å². The van der Waals surface area contributed by atoms with Crippen LogP contribution in [0.2, 0.25) is 0 Å². The summed E-state index contributed by atoms with van der Waals surface area (Å²) in [6.45, 7) is 9.41. The van der Waals surface area contributed by atoms with E-state index in [0.29, 0.717) is 26.6 Å². The average molecular weight is 657 g/mol. The van der Waals surface area contributed by atoms with Crippen LogP contribution in [0, 0.1) is 0 Å². The van der Waals surface area contributed by atoms with E-state index in [0.717, 1.165) is 37.1 Å². The summed E-state index contributed by atoms with van der Waals surface area (Å²) in [6.07, 6.45) is 38.7. The van der Waals surface area contributed by atoms with E-state index >= 15 is 0 Å². The Morgan fingerprint density at radius 2 is 0.717 bits per heavy atom. The van der Waals surface area contributed by atoms with Crippen LogP contribution in [0.5, 0.6) is 0 Å². The number of nitrogens with zero attached hydrogens (tertiary/aromatic N) is 1. The predicted octanol–water partition coefficient (Wildman–Crippen LogP) is 12.0. The first-order chi connectivity index (χ1) is 22.5. The summed E-state index contributed by atoms with van der Waals surface area (Å²) >= 11 is 0. The second-order valence-corrected chi connectivity index (χ2v) is 15.2. The van der Waals surface area contributed by atoms with Gasteiger partial charge in [-0.05, 0) is 12.8 Å². The van der Waals surface area contributed by atoms with E-state index < -0.39 is 0 Å². The van der Waals surface area contributed by atoms with Gasteiger partial charge in [0.15, 0.2) is 0 Å². The molecule has 0 aliphatic carbocycles. The third-order valence-corrected chi connectivity index (χ3v) is 9.17. The Balaban J connectivity index is 3.84. The molecule has 0 spiro atoms. The van der Waals surface area contributed by atoms with Gasteiger partial charge in [0.05, 0.1) is 41.0 Å². The molecule has 0 saturated heterocycles. The third kappa shape index (κ3) is 40.0. The molecule has 5 nitrogen and oxygen atoms in total. The number of unbranched alkanes of at least 4 members (excludes halogenated alkanes) is 26. The highest BCUT2D eigenvalue weighted by Crippen LogP contribution is 2.14. The van der Waals surface area contributed by atoms with Crippen molar-refractivity contribution in [1.29, 1.82) is 0 Å². The molecule has 0 aromatic heterocycles. The maximum Gasteiger partial charge on any atom is 0.147 e. The second-order valence-electron chi connectivity index (χ2n) is 15.2. The highest BCUT2D eigenvalue weighted by molar-refractivity contribution is 4.57. The number of quaternary nitrogens is 1. The normalized spacial score (nSPS) is 12.7. The third-order valence-electron chi connectivity index (χ3n) is 9.17. The van der Waals surface area contributed by atoms with E-state index in [1.165, 1.54) is 167 Å². The molecule has 0 heterocycles. The standard InChI is InChI=1S/C41H86NO4/c1-6-8-10-12-14-16-18-20-22-24-26-28-30-32-35-43-38-41(39-45-40-44-37-34-42(3,4)5)46-36-33-31-29-27-25-23-21-19-17-15-13-11-9-7-2/h41H,6-40H2,1-5H3/q+1. The van der Waals surface area contributed by atoms with Crippen molar-refractivity contribution in [2.75, 3.05) is 67.5 Å². The molecule has 0 N–H and O–H groups in total. The molecule has 0 rings (SSSR count). The molecule has 0 fully saturated rings. The number of hydrogen-bond acceptors (Lipinski definition) is 4. The summed E-state index contributed by atoms with van der Waals surface area (Å²) in [5.74, 6) is 0.